The van der Waals surface area contributed by atoms with Gasteiger partial charge in [0.2, 0.25) is 0 Å². The average Bonchev–Trinajstić information content (AvgIpc) is 3.09. The molecule has 3 heterocycles. The van der Waals surface area contributed by atoms with Gasteiger partial charge in [-0.3, -0.25) is 4.98 Å². The molecule has 0 saturated heterocycles. The summed E-state index contributed by atoms with van der Waals surface area (Å²) >= 11 is 1.58. The van der Waals surface area contributed by atoms with Crippen molar-refractivity contribution in [1.82, 2.24) is 25.0 Å². The first kappa shape index (κ1) is 15.7. The number of thioether (sulfide) groups is 1. The van der Waals surface area contributed by atoms with Crippen LogP contribution in [0.5, 0.6) is 0 Å². The SMILES string of the molecule is Cc1nnc(SCc2cccnc2)c2c1cnn2-c1ccc(F)cc1. The number of benzene rings is 1. The van der Waals surface area contributed by atoms with Gasteiger partial charge in [0.15, 0.2) is 0 Å². The molecule has 4 aromatic rings. The van der Waals surface area contributed by atoms with Crippen molar-refractivity contribution < 1.29 is 4.39 Å². The van der Waals surface area contributed by atoms with Gasteiger partial charge >= 0.3 is 0 Å². The molecule has 3 aromatic heterocycles. The van der Waals surface area contributed by atoms with E-state index in [9.17, 15) is 4.39 Å². The molecule has 7 heteroatoms. The fourth-order valence-corrected chi connectivity index (χ4v) is 3.46. The van der Waals surface area contributed by atoms with E-state index < -0.39 is 0 Å². The van der Waals surface area contributed by atoms with Crippen LogP contribution in [0.1, 0.15) is 11.3 Å². The van der Waals surface area contributed by atoms with Crippen molar-refractivity contribution in [3.05, 3.63) is 72.1 Å². The zero-order valence-electron chi connectivity index (χ0n) is 13.4. The largest absolute Gasteiger partial charge is 0.264 e. The van der Waals surface area contributed by atoms with Crippen LogP contribution in [0, 0.1) is 12.7 Å². The molecule has 5 nitrogen and oxygen atoms in total. The highest BCUT2D eigenvalue weighted by Crippen LogP contribution is 2.30. The van der Waals surface area contributed by atoms with Crippen LogP contribution in [0.3, 0.4) is 0 Å². The normalized spacial score (nSPS) is 11.1. The Hall–Kier alpha value is -2.80. The minimum Gasteiger partial charge on any atom is -0.264 e. The molecule has 1 aromatic carbocycles. The minimum atomic E-state index is -0.276. The maximum atomic E-state index is 13.2. The van der Waals surface area contributed by atoms with Crippen LogP contribution in [0.15, 0.2) is 60.0 Å². The number of pyridine rings is 1. The van der Waals surface area contributed by atoms with Gasteiger partial charge in [0, 0.05) is 23.5 Å². The number of aryl methyl sites for hydroxylation is 1. The number of aromatic nitrogens is 5. The van der Waals surface area contributed by atoms with Crippen molar-refractivity contribution in [1.29, 1.82) is 0 Å². The molecule has 0 amide bonds. The first-order valence-corrected chi connectivity index (χ1v) is 8.69. The number of halogens is 1. The highest BCUT2D eigenvalue weighted by Gasteiger charge is 2.15. The van der Waals surface area contributed by atoms with Crippen molar-refractivity contribution in [3.63, 3.8) is 0 Å². The summed E-state index contributed by atoms with van der Waals surface area (Å²) in [5.74, 6) is 0.456. The fourth-order valence-electron chi connectivity index (χ4n) is 2.55. The van der Waals surface area contributed by atoms with Gasteiger partial charge in [-0.25, -0.2) is 9.07 Å². The second kappa shape index (κ2) is 6.60. The average molecular weight is 351 g/mol. The third-order valence-corrected chi connectivity index (χ3v) is 4.85. The van der Waals surface area contributed by atoms with Gasteiger partial charge in [0.05, 0.1) is 17.6 Å². The van der Waals surface area contributed by atoms with E-state index in [2.05, 4.69) is 20.3 Å². The second-order valence-electron chi connectivity index (χ2n) is 5.54. The van der Waals surface area contributed by atoms with Gasteiger partial charge in [-0.1, -0.05) is 17.8 Å². The molecule has 0 saturated carbocycles. The summed E-state index contributed by atoms with van der Waals surface area (Å²) in [6.07, 6.45) is 5.36. The molecule has 25 heavy (non-hydrogen) atoms. The zero-order chi connectivity index (χ0) is 17.2. The van der Waals surface area contributed by atoms with Gasteiger partial charge in [-0.2, -0.15) is 10.2 Å². The molecule has 0 aliphatic heterocycles. The summed E-state index contributed by atoms with van der Waals surface area (Å²) in [7, 11) is 0. The first-order chi connectivity index (χ1) is 12.2. The monoisotopic (exact) mass is 351 g/mol. The topological polar surface area (TPSA) is 56.5 Å². The lowest BCUT2D eigenvalue weighted by Gasteiger charge is -2.08. The molecule has 0 aliphatic carbocycles. The summed E-state index contributed by atoms with van der Waals surface area (Å²) in [6.45, 7) is 1.90. The van der Waals surface area contributed by atoms with Crippen molar-refractivity contribution in [3.8, 4) is 5.69 Å². The van der Waals surface area contributed by atoms with E-state index in [-0.39, 0.29) is 5.82 Å². The Kier molecular flexibility index (Phi) is 4.15. The Morgan fingerprint density at radius 1 is 1.08 bits per heavy atom. The zero-order valence-corrected chi connectivity index (χ0v) is 14.2. The van der Waals surface area contributed by atoms with Crippen molar-refractivity contribution in [2.24, 2.45) is 0 Å². The second-order valence-corrected chi connectivity index (χ2v) is 6.50. The lowest BCUT2D eigenvalue weighted by Crippen LogP contribution is -2.00. The van der Waals surface area contributed by atoms with Crippen LogP contribution in [-0.4, -0.2) is 25.0 Å². The smallest absolute Gasteiger partial charge is 0.146 e. The van der Waals surface area contributed by atoms with Crippen LogP contribution < -0.4 is 0 Å². The number of nitrogens with zero attached hydrogens (tertiary/aromatic N) is 5. The third-order valence-electron chi connectivity index (χ3n) is 3.82. The quantitative estimate of drug-likeness (QED) is 0.521. The van der Waals surface area contributed by atoms with Gasteiger partial charge in [-0.05, 0) is 42.8 Å². The molecule has 0 atom stereocenters. The molecule has 0 bridgehead atoms. The molecule has 0 unspecified atom stereocenters. The maximum Gasteiger partial charge on any atom is 0.146 e. The fraction of sp³-hybridized carbons (Fsp3) is 0.111. The lowest BCUT2D eigenvalue weighted by atomic mass is 10.2. The number of hydrogen-bond donors (Lipinski definition) is 0. The summed E-state index contributed by atoms with van der Waals surface area (Å²) < 4.78 is 15.0. The van der Waals surface area contributed by atoms with Gasteiger partial charge < -0.3 is 0 Å². The van der Waals surface area contributed by atoms with Crippen LogP contribution >= 0.6 is 11.8 Å². The van der Waals surface area contributed by atoms with Crippen molar-refractivity contribution in [2.75, 3.05) is 0 Å². The standard InChI is InChI=1S/C18H14FN5S/c1-12-16-10-21-24(15-6-4-14(19)5-7-15)17(16)18(23-22-12)25-11-13-3-2-8-20-9-13/h2-10H,11H2,1H3. The summed E-state index contributed by atoms with van der Waals surface area (Å²) in [5, 5.41) is 14.8. The predicted molar refractivity (Wildman–Crippen MR) is 95.2 cm³/mol. The van der Waals surface area contributed by atoms with E-state index >= 15 is 0 Å². The van der Waals surface area contributed by atoms with Crippen LogP contribution in [0.25, 0.3) is 16.6 Å². The van der Waals surface area contributed by atoms with Gasteiger partial charge in [0.1, 0.15) is 16.4 Å². The van der Waals surface area contributed by atoms with E-state index in [1.807, 2.05) is 25.3 Å². The van der Waals surface area contributed by atoms with Gasteiger partial charge in [-0.15, -0.1) is 5.10 Å². The molecule has 4 rings (SSSR count). The van der Waals surface area contributed by atoms with Crippen LogP contribution in [-0.2, 0) is 5.75 Å². The van der Waals surface area contributed by atoms with Crippen molar-refractivity contribution in [2.45, 2.75) is 17.7 Å². The summed E-state index contributed by atoms with van der Waals surface area (Å²) in [6, 6.07) is 10.2. The number of rotatable bonds is 4. The molecule has 0 spiro atoms. The molecular formula is C18H14FN5S. The van der Waals surface area contributed by atoms with Crippen molar-refractivity contribution >= 4 is 22.7 Å². The Morgan fingerprint density at radius 3 is 2.68 bits per heavy atom. The summed E-state index contributed by atoms with van der Waals surface area (Å²) in [5.41, 5.74) is 3.59. The van der Waals surface area contributed by atoms with E-state index in [0.717, 1.165) is 38.6 Å². The Balaban J connectivity index is 1.77. The van der Waals surface area contributed by atoms with Gasteiger partial charge in [0.25, 0.3) is 0 Å². The molecule has 0 aliphatic rings. The molecule has 0 radical (unpaired) electrons. The van der Waals surface area contributed by atoms with Crippen LogP contribution in [0.2, 0.25) is 0 Å². The third kappa shape index (κ3) is 3.10. The predicted octanol–water partition coefficient (Wildman–Crippen LogP) is 3.95. The Bertz CT molecular complexity index is 1020. The molecular weight excluding hydrogens is 337 g/mol. The number of hydrogen-bond acceptors (Lipinski definition) is 5. The lowest BCUT2D eigenvalue weighted by molar-refractivity contribution is 0.627. The number of fused-ring (bicyclic) bond motifs is 1. The Morgan fingerprint density at radius 2 is 1.92 bits per heavy atom. The molecule has 0 fully saturated rings. The Labute approximate surface area is 147 Å². The van der Waals surface area contributed by atoms with Crippen LogP contribution in [0.4, 0.5) is 4.39 Å². The summed E-state index contributed by atoms with van der Waals surface area (Å²) in [4.78, 5) is 4.13. The van der Waals surface area contributed by atoms with E-state index in [1.54, 1.807) is 41.0 Å². The maximum absolute atomic E-state index is 13.2. The van der Waals surface area contributed by atoms with E-state index in [1.165, 1.54) is 12.1 Å². The first-order valence-electron chi connectivity index (χ1n) is 7.71. The van der Waals surface area contributed by atoms with E-state index in [4.69, 9.17) is 0 Å². The highest BCUT2D eigenvalue weighted by atomic mass is 32.2. The van der Waals surface area contributed by atoms with E-state index in [0.29, 0.717) is 0 Å². The molecule has 0 N–H and O–H groups in total. The highest BCUT2D eigenvalue weighted by molar-refractivity contribution is 7.98. The minimum absolute atomic E-state index is 0.276. The molecule has 124 valence electrons.